The van der Waals surface area contributed by atoms with Gasteiger partial charge in [0.15, 0.2) is 0 Å². The summed E-state index contributed by atoms with van der Waals surface area (Å²) in [5.41, 5.74) is 0. The Labute approximate surface area is 101 Å². The highest BCUT2D eigenvalue weighted by molar-refractivity contribution is 7.46. The molecule has 0 rings (SSSR count). The van der Waals surface area contributed by atoms with Gasteiger partial charge >= 0.3 is 7.82 Å². The van der Waals surface area contributed by atoms with E-state index < -0.39 is 13.9 Å². The van der Waals surface area contributed by atoms with Crippen LogP contribution in [0.3, 0.4) is 0 Å². The highest BCUT2D eigenvalue weighted by Crippen LogP contribution is 2.35. The van der Waals surface area contributed by atoms with Gasteiger partial charge in [0.2, 0.25) is 5.91 Å². The number of hydrogen-bond donors (Lipinski definition) is 4. The Morgan fingerprint density at radius 2 is 1.76 bits per heavy atom. The third-order valence-corrected chi connectivity index (χ3v) is 2.18. The van der Waals surface area contributed by atoms with Crippen LogP contribution in [0.1, 0.15) is 27.7 Å². The standard InChI is InChI=1S/C9H21N2O5P/c1-6(2)10-8(5-16-17(13,14)15)9(12)11-7(3)4/h6-8,10H,5H2,1-4H3,(H,11,12)(H2,13,14,15). The monoisotopic (exact) mass is 268 g/mol. The van der Waals surface area contributed by atoms with Crippen LogP contribution in [0.25, 0.3) is 0 Å². The second-order valence-corrected chi connectivity index (χ2v) is 5.56. The second kappa shape index (κ2) is 7.08. The minimum atomic E-state index is -4.56. The lowest BCUT2D eigenvalue weighted by molar-refractivity contribution is -0.124. The third kappa shape index (κ3) is 9.26. The van der Waals surface area contributed by atoms with E-state index in [9.17, 15) is 9.36 Å². The van der Waals surface area contributed by atoms with E-state index in [-0.39, 0.29) is 24.6 Å². The van der Waals surface area contributed by atoms with Gasteiger partial charge in [-0.3, -0.25) is 9.32 Å². The molecule has 8 heteroatoms. The Bertz CT molecular complexity index is 289. The van der Waals surface area contributed by atoms with Gasteiger partial charge in [0.05, 0.1) is 6.61 Å². The second-order valence-electron chi connectivity index (χ2n) is 4.32. The number of hydrogen-bond acceptors (Lipinski definition) is 4. The Morgan fingerprint density at radius 1 is 1.24 bits per heavy atom. The first-order valence-corrected chi connectivity index (χ1v) is 6.91. The van der Waals surface area contributed by atoms with E-state index in [1.807, 2.05) is 13.8 Å². The summed E-state index contributed by atoms with van der Waals surface area (Å²) in [6, 6.07) is -0.836. The van der Waals surface area contributed by atoms with Gasteiger partial charge in [-0.1, -0.05) is 13.8 Å². The molecule has 0 aliphatic heterocycles. The molecule has 0 aromatic heterocycles. The molecule has 0 aromatic rings. The zero-order valence-corrected chi connectivity index (χ0v) is 11.4. The summed E-state index contributed by atoms with van der Waals surface area (Å²) >= 11 is 0. The maximum Gasteiger partial charge on any atom is 0.469 e. The molecule has 0 radical (unpaired) electrons. The number of carbonyl (C=O) groups excluding carboxylic acids is 1. The van der Waals surface area contributed by atoms with Crippen LogP contribution in [0.2, 0.25) is 0 Å². The molecule has 0 aliphatic carbocycles. The quantitative estimate of drug-likeness (QED) is 0.484. The van der Waals surface area contributed by atoms with Crippen LogP contribution in [0.5, 0.6) is 0 Å². The zero-order valence-electron chi connectivity index (χ0n) is 10.5. The van der Waals surface area contributed by atoms with Gasteiger partial charge in [0.25, 0.3) is 0 Å². The van der Waals surface area contributed by atoms with Crippen molar-refractivity contribution < 1.29 is 23.7 Å². The largest absolute Gasteiger partial charge is 0.469 e. The lowest BCUT2D eigenvalue weighted by atomic mass is 10.2. The lowest BCUT2D eigenvalue weighted by Crippen LogP contribution is -2.50. The summed E-state index contributed by atoms with van der Waals surface area (Å²) in [6.07, 6.45) is 0. The molecule has 0 fully saturated rings. The number of nitrogens with one attached hydrogen (secondary N) is 2. The van der Waals surface area contributed by atoms with Gasteiger partial charge in [-0.25, -0.2) is 4.57 Å². The molecular formula is C9H21N2O5P. The Morgan fingerprint density at radius 3 is 2.12 bits per heavy atom. The fourth-order valence-electron chi connectivity index (χ4n) is 1.16. The fourth-order valence-corrected chi connectivity index (χ4v) is 1.50. The topological polar surface area (TPSA) is 108 Å². The van der Waals surface area contributed by atoms with Crippen LogP contribution in [-0.4, -0.2) is 40.4 Å². The molecule has 0 saturated carbocycles. The third-order valence-electron chi connectivity index (χ3n) is 1.69. The van der Waals surface area contributed by atoms with E-state index in [0.717, 1.165) is 0 Å². The van der Waals surface area contributed by atoms with Crippen molar-refractivity contribution in [3.05, 3.63) is 0 Å². The van der Waals surface area contributed by atoms with Crippen LogP contribution in [0.15, 0.2) is 0 Å². The van der Waals surface area contributed by atoms with Crippen LogP contribution in [-0.2, 0) is 13.9 Å². The van der Waals surface area contributed by atoms with E-state index in [0.29, 0.717) is 0 Å². The SMILES string of the molecule is CC(C)NC(=O)C(COP(=O)(O)O)NC(C)C. The lowest BCUT2D eigenvalue weighted by Gasteiger charge is -2.21. The number of amides is 1. The molecule has 0 spiro atoms. The molecule has 1 unspecified atom stereocenters. The Balaban J connectivity index is 4.42. The summed E-state index contributed by atoms with van der Waals surface area (Å²) in [4.78, 5) is 28.9. The minimum Gasteiger partial charge on any atom is -0.352 e. The van der Waals surface area contributed by atoms with E-state index in [4.69, 9.17) is 9.79 Å². The molecule has 7 nitrogen and oxygen atoms in total. The molecule has 17 heavy (non-hydrogen) atoms. The number of rotatable bonds is 7. The van der Waals surface area contributed by atoms with Crippen molar-refractivity contribution in [2.45, 2.75) is 45.8 Å². The predicted molar refractivity (Wildman–Crippen MR) is 63.3 cm³/mol. The normalized spacial score (nSPS) is 14.1. The average molecular weight is 268 g/mol. The molecule has 1 amide bonds. The summed E-state index contributed by atoms with van der Waals surface area (Å²) in [7, 11) is -4.56. The summed E-state index contributed by atoms with van der Waals surface area (Å²) in [6.45, 7) is 6.88. The Hall–Kier alpha value is -0.460. The Kier molecular flexibility index (Phi) is 6.89. The summed E-state index contributed by atoms with van der Waals surface area (Å²) < 4.78 is 14.9. The minimum absolute atomic E-state index is 0.00159. The van der Waals surface area contributed by atoms with Gasteiger partial charge in [-0.05, 0) is 13.8 Å². The highest BCUT2D eigenvalue weighted by atomic mass is 31.2. The van der Waals surface area contributed by atoms with Crippen molar-refractivity contribution in [2.24, 2.45) is 0 Å². The summed E-state index contributed by atoms with van der Waals surface area (Å²) in [5, 5.41) is 5.53. The van der Waals surface area contributed by atoms with Gasteiger partial charge < -0.3 is 20.4 Å². The van der Waals surface area contributed by atoms with E-state index in [2.05, 4.69) is 15.2 Å². The first-order chi connectivity index (χ1) is 7.61. The van der Waals surface area contributed by atoms with Crippen molar-refractivity contribution in [1.29, 1.82) is 0 Å². The highest BCUT2D eigenvalue weighted by Gasteiger charge is 2.24. The molecular weight excluding hydrogens is 247 g/mol. The van der Waals surface area contributed by atoms with Gasteiger partial charge in [0, 0.05) is 12.1 Å². The van der Waals surface area contributed by atoms with Gasteiger partial charge in [-0.2, -0.15) is 0 Å². The molecule has 0 aromatic carbocycles. The van der Waals surface area contributed by atoms with Crippen LogP contribution in [0, 0.1) is 0 Å². The number of phosphoric acid groups is 1. The fraction of sp³-hybridized carbons (Fsp3) is 0.889. The molecule has 0 bridgehead atoms. The van der Waals surface area contributed by atoms with Crippen LogP contribution in [0.4, 0.5) is 0 Å². The van der Waals surface area contributed by atoms with Crippen molar-refractivity contribution >= 4 is 13.7 Å². The van der Waals surface area contributed by atoms with Crippen LogP contribution < -0.4 is 10.6 Å². The van der Waals surface area contributed by atoms with Gasteiger partial charge in [0.1, 0.15) is 6.04 Å². The first kappa shape index (κ1) is 16.5. The predicted octanol–water partition coefficient (Wildman–Crippen LogP) is -0.0131. The van der Waals surface area contributed by atoms with E-state index in [1.165, 1.54) is 0 Å². The molecule has 1 atom stereocenters. The van der Waals surface area contributed by atoms with Crippen molar-refractivity contribution in [3.63, 3.8) is 0 Å². The number of carbonyl (C=O) groups is 1. The maximum atomic E-state index is 11.7. The molecule has 102 valence electrons. The van der Waals surface area contributed by atoms with Crippen molar-refractivity contribution in [1.82, 2.24) is 10.6 Å². The first-order valence-electron chi connectivity index (χ1n) is 5.38. The zero-order chi connectivity index (χ0) is 13.6. The smallest absolute Gasteiger partial charge is 0.352 e. The molecule has 0 aliphatic rings. The van der Waals surface area contributed by atoms with Gasteiger partial charge in [-0.15, -0.1) is 0 Å². The maximum absolute atomic E-state index is 11.7. The van der Waals surface area contributed by atoms with Crippen molar-refractivity contribution in [2.75, 3.05) is 6.61 Å². The van der Waals surface area contributed by atoms with E-state index in [1.54, 1.807) is 13.8 Å². The van der Waals surface area contributed by atoms with Crippen molar-refractivity contribution in [3.8, 4) is 0 Å². The number of phosphoric ester groups is 1. The average Bonchev–Trinajstić information content (AvgIpc) is 2.08. The van der Waals surface area contributed by atoms with Crippen LogP contribution >= 0.6 is 7.82 Å². The molecule has 0 heterocycles. The molecule has 4 N–H and O–H groups in total. The summed E-state index contributed by atoms with van der Waals surface area (Å²) in [5.74, 6) is -0.345. The molecule has 0 saturated heterocycles. The van der Waals surface area contributed by atoms with E-state index >= 15 is 0 Å².